The molecule has 4 heterocycles. The van der Waals surface area contributed by atoms with E-state index in [-0.39, 0.29) is 11.4 Å². The van der Waals surface area contributed by atoms with Crippen LogP contribution in [0, 0.1) is 11.3 Å². The Kier molecular flexibility index (Phi) is 3.46. The van der Waals surface area contributed by atoms with Gasteiger partial charge >= 0.3 is 6.03 Å². The zero-order chi connectivity index (χ0) is 13.5. The van der Waals surface area contributed by atoms with Crippen LogP contribution in [0.15, 0.2) is 0 Å². The third-order valence-electron chi connectivity index (χ3n) is 6.03. The van der Waals surface area contributed by atoms with Crippen molar-refractivity contribution in [3.05, 3.63) is 0 Å². The highest BCUT2D eigenvalue weighted by Gasteiger charge is 2.48. The summed E-state index contributed by atoms with van der Waals surface area (Å²) in [5.41, 5.74) is 5.91. The van der Waals surface area contributed by atoms with Gasteiger partial charge in [0.15, 0.2) is 0 Å². The van der Waals surface area contributed by atoms with E-state index in [0.717, 1.165) is 25.3 Å². The second-order valence-corrected chi connectivity index (χ2v) is 6.91. The van der Waals surface area contributed by atoms with Crippen LogP contribution in [-0.2, 0) is 0 Å². The number of likely N-dealkylation sites (tertiary alicyclic amines) is 1. The highest BCUT2D eigenvalue weighted by molar-refractivity contribution is 5.72. The maximum absolute atomic E-state index is 11.8. The largest absolute Gasteiger partial charge is 0.351 e. The van der Waals surface area contributed by atoms with Crippen molar-refractivity contribution in [2.75, 3.05) is 26.2 Å². The summed E-state index contributed by atoms with van der Waals surface area (Å²) in [6.45, 7) is 7.01. The van der Waals surface area contributed by atoms with Crippen LogP contribution in [0.1, 0.15) is 45.4 Å². The number of nitrogens with zero attached hydrogens (tertiary/aromatic N) is 2. The molecule has 4 fully saturated rings. The molecule has 2 N–H and O–H groups in total. The predicted octanol–water partition coefficient (Wildman–Crippen LogP) is 2.04. The lowest BCUT2D eigenvalue weighted by atomic mass is 9.65. The van der Waals surface area contributed by atoms with E-state index in [2.05, 4.69) is 11.8 Å². The lowest BCUT2D eigenvalue weighted by Gasteiger charge is -2.49. The lowest BCUT2D eigenvalue weighted by Crippen LogP contribution is -2.56. The van der Waals surface area contributed by atoms with Crippen LogP contribution in [0.25, 0.3) is 0 Å². The molecule has 0 saturated carbocycles. The molecule has 2 bridgehead atoms. The highest BCUT2D eigenvalue weighted by atomic mass is 16.2. The van der Waals surface area contributed by atoms with E-state index in [1.54, 1.807) is 0 Å². The zero-order valence-corrected chi connectivity index (χ0v) is 12.1. The van der Waals surface area contributed by atoms with E-state index in [1.807, 2.05) is 4.90 Å². The Morgan fingerprint density at radius 2 is 1.84 bits per heavy atom. The lowest BCUT2D eigenvalue weighted by molar-refractivity contribution is 0.0212. The summed E-state index contributed by atoms with van der Waals surface area (Å²) >= 11 is 0. The minimum absolute atomic E-state index is 0.204. The van der Waals surface area contributed by atoms with Crippen molar-refractivity contribution in [3.63, 3.8) is 0 Å². The predicted molar refractivity (Wildman–Crippen MR) is 75.8 cm³/mol. The Morgan fingerprint density at radius 1 is 1.11 bits per heavy atom. The molecule has 0 radical (unpaired) electrons. The first kappa shape index (κ1) is 13.2. The van der Waals surface area contributed by atoms with Crippen molar-refractivity contribution >= 4 is 6.03 Å². The summed E-state index contributed by atoms with van der Waals surface area (Å²) in [6, 6.07) is 0.173. The summed E-state index contributed by atoms with van der Waals surface area (Å²) in [5.74, 6) is 0.774. The number of carbonyl (C=O) groups is 1. The van der Waals surface area contributed by atoms with Gasteiger partial charge in [0.05, 0.1) is 0 Å². The summed E-state index contributed by atoms with van der Waals surface area (Å²) in [4.78, 5) is 16.4. The van der Waals surface area contributed by atoms with E-state index in [9.17, 15) is 4.79 Å². The molecule has 4 heteroatoms. The van der Waals surface area contributed by atoms with Gasteiger partial charge in [-0.1, -0.05) is 6.92 Å². The number of carbonyl (C=O) groups excluding carboxylic acids is 1. The van der Waals surface area contributed by atoms with Crippen molar-refractivity contribution in [1.82, 2.24) is 9.80 Å². The van der Waals surface area contributed by atoms with Gasteiger partial charge in [-0.05, 0) is 69.5 Å². The zero-order valence-electron chi connectivity index (χ0n) is 12.1. The molecule has 0 spiro atoms. The van der Waals surface area contributed by atoms with Crippen LogP contribution < -0.4 is 5.73 Å². The van der Waals surface area contributed by atoms with Crippen molar-refractivity contribution in [1.29, 1.82) is 0 Å². The van der Waals surface area contributed by atoms with Gasteiger partial charge in [0, 0.05) is 12.6 Å². The highest BCUT2D eigenvalue weighted by Crippen LogP contribution is 2.48. The van der Waals surface area contributed by atoms with E-state index in [0.29, 0.717) is 6.04 Å². The maximum Gasteiger partial charge on any atom is 0.315 e. The number of primary amides is 1. The van der Waals surface area contributed by atoms with Gasteiger partial charge in [-0.3, -0.25) is 0 Å². The Labute approximate surface area is 116 Å². The molecule has 108 valence electrons. The number of rotatable bonds is 1. The second kappa shape index (κ2) is 4.97. The molecular formula is C15H27N3O. The van der Waals surface area contributed by atoms with Gasteiger partial charge in [0.2, 0.25) is 0 Å². The molecule has 4 rings (SSSR count). The van der Waals surface area contributed by atoms with E-state index in [1.165, 1.54) is 45.3 Å². The fourth-order valence-corrected chi connectivity index (χ4v) is 4.74. The topological polar surface area (TPSA) is 49.6 Å². The minimum atomic E-state index is -0.204. The third kappa shape index (κ3) is 2.24. The van der Waals surface area contributed by atoms with Crippen LogP contribution in [0.3, 0.4) is 0 Å². The molecule has 0 aliphatic carbocycles. The molecule has 2 atom stereocenters. The van der Waals surface area contributed by atoms with Crippen molar-refractivity contribution in [3.8, 4) is 0 Å². The van der Waals surface area contributed by atoms with Crippen LogP contribution in [0.2, 0.25) is 0 Å². The number of piperidine rings is 2. The summed E-state index contributed by atoms with van der Waals surface area (Å²) < 4.78 is 0. The van der Waals surface area contributed by atoms with Crippen LogP contribution >= 0.6 is 0 Å². The number of nitrogens with two attached hydrogens (primary N) is 1. The molecule has 19 heavy (non-hydrogen) atoms. The molecular weight excluding hydrogens is 238 g/mol. The molecule has 4 saturated heterocycles. The minimum Gasteiger partial charge on any atom is -0.351 e. The molecule has 0 aromatic heterocycles. The Morgan fingerprint density at radius 3 is 2.53 bits per heavy atom. The Hall–Kier alpha value is -0.770. The van der Waals surface area contributed by atoms with Crippen LogP contribution in [0.5, 0.6) is 0 Å². The number of fused-ring (bicyclic) bond motifs is 4. The molecule has 0 aromatic carbocycles. The van der Waals surface area contributed by atoms with E-state index in [4.69, 9.17) is 5.73 Å². The van der Waals surface area contributed by atoms with Gasteiger partial charge in [0.25, 0.3) is 0 Å². The fraction of sp³-hybridized carbons (Fsp3) is 0.933. The first-order valence-electron chi connectivity index (χ1n) is 7.90. The third-order valence-corrected chi connectivity index (χ3v) is 6.03. The number of urea groups is 1. The fourth-order valence-electron chi connectivity index (χ4n) is 4.74. The molecule has 2 amide bonds. The normalized spacial score (nSPS) is 43.0. The molecule has 0 aromatic rings. The van der Waals surface area contributed by atoms with Gasteiger partial charge in [-0.2, -0.15) is 0 Å². The Balaban J connectivity index is 1.86. The summed E-state index contributed by atoms with van der Waals surface area (Å²) in [6.07, 6.45) is 7.36. The summed E-state index contributed by atoms with van der Waals surface area (Å²) in [7, 11) is 0. The average Bonchev–Trinajstić information content (AvgIpc) is 2.70. The van der Waals surface area contributed by atoms with Crippen molar-refractivity contribution in [2.24, 2.45) is 17.1 Å². The number of hydrogen-bond donors (Lipinski definition) is 1. The van der Waals surface area contributed by atoms with E-state index >= 15 is 0 Å². The maximum atomic E-state index is 11.8. The smallest absolute Gasteiger partial charge is 0.315 e. The molecule has 4 aliphatic heterocycles. The quantitative estimate of drug-likeness (QED) is 0.789. The van der Waals surface area contributed by atoms with Crippen LogP contribution in [-0.4, -0.2) is 48.1 Å². The first-order valence-corrected chi connectivity index (χ1v) is 7.90. The number of hydrogen-bond acceptors (Lipinski definition) is 2. The van der Waals surface area contributed by atoms with E-state index < -0.39 is 0 Å². The van der Waals surface area contributed by atoms with Gasteiger partial charge in [0.1, 0.15) is 0 Å². The molecule has 2 unspecified atom stereocenters. The van der Waals surface area contributed by atoms with Gasteiger partial charge < -0.3 is 15.5 Å². The molecule has 4 nitrogen and oxygen atoms in total. The first-order chi connectivity index (χ1) is 9.11. The van der Waals surface area contributed by atoms with Gasteiger partial charge in [-0.15, -0.1) is 0 Å². The van der Waals surface area contributed by atoms with Crippen LogP contribution in [0.4, 0.5) is 4.79 Å². The second-order valence-electron chi connectivity index (χ2n) is 6.91. The SMILES string of the molecule is CC1(C2CCCCN2C(N)=O)CCN2CCC1CC2. The van der Waals surface area contributed by atoms with Gasteiger partial charge in [-0.25, -0.2) is 4.79 Å². The number of amides is 2. The monoisotopic (exact) mass is 265 g/mol. The van der Waals surface area contributed by atoms with Crippen molar-refractivity contribution in [2.45, 2.75) is 51.5 Å². The Bertz CT molecular complexity index is 351. The molecule has 4 aliphatic rings. The van der Waals surface area contributed by atoms with Crippen molar-refractivity contribution < 1.29 is 4.79 Å². The summed E-state index contributed by atoms with van der Waals surface area (Å²) in [5, 5.41) is 0. The standard InChI is InChI=1S/C15H27N3O/c1-15(7-11-17-9-5-12(15)6-10-17)13-4-2-3-8-18(13)14(16)19/h12-13H,2-11H2,1H3,(H2,16,19). The average molecular weight is 265 g/mol.